The molecule has 104 valence electrons. The molecule has 2 aromatic carbocycles. The van der Waals surface area contributed by atoms with Crippen LogP contribution < -0.4 is 5.32 Å². The molecule has 2 aromatic rings. The SMILES string of the molecule is Cc1cccc([C@@H](C)CC(=O)NCc2ccccc2)c1. The van der Waals surface area contributed by atoms with Crippen LogP contribution in [0, 0.1) is 6.92 Å². The lowest BCUT2D eigenvalue weighted by Crippen LogP contribution is -2.24. The van der Waals surface area contributed by atoms with E-state index in [0.717, 1.165) is 5.56 Å². The molecule has 0 aliphatic heterocycles. The summed E-state index contributed by atoms with van der Waals surface area (Å²) in [5.74, 6) is 0.341. The molecular weight excluding hydrogens is 246 g/mol. The Balaban J connectivity index is 1.85. The number of nitrogens with one attached hydrogen (secondary N) is 1. The largest absolute Gasteiger partial charge is 0.352 e. The molecule has 0 unspecified atom stereocenters. The molecule has 0 spiro atoms. The van der Waals surface area contributed by atoms with Crippen LogP contribution in [0.4, 0.5) is 0 Å². The zero-order chi connectivity index (χ0) is 14.4. The predicted molar refractivity (Wildman–Crippen MR) is 82.5 cm³/mol. The van der Waals surface area contributed by atoms with E-state index in [-0.39, 0.29) is 11.8 Å². The number of benzene rings is 2. The maximum absolute atomic E-state index is 12.0. The Labute approximate surface area is 120 Å². The van der Waals surface area contributed by atoms with E-state index in [1.807, 2.05) is 36.4 Å². The molecule has 0 aliphatic carbocycles. The third-order valence-corrected chi connectivity index (χ3v) is 3.44. The highest BCUT2D eigenvalue weighted by Gasteiger charge is 2.11. The van der Waals surface area contributed by atoms with Gasteiger partial charge in [0.05, 0.1) is 0 Å². The molecule has 2 rings (SSSR count). The van der Waals surface area contributed by atoms with Crippen LogP contribution in [0.25, 0.3) is 0 Å². The summed E-state index contributed by atoms with van der Waals surface area (Å²) in [4.78, 5) is 12.0. The Morgan fingerprint density at radius 1 is 1.10 bits per heavy atom. The fraction of sp³-hybridized carbons (Fsp3) is 0.278. The Bertz CT molecular complexity index is 563. The Morgan fingerprint density at radius 2 is 1.85 bits per heavy atom. The fourth-order valence-electron chi connectivity index (χ4n) is 2.24. The van der Waals surface area contributed by atoms with Crippen LogP contribution in [0.1, 0.15) is 36.0 Å². The van der Waals surface area contributed by atoms with Gasteiger partial charge < -0.3 is 5.32 Å². The lowest BCUT2D eigenvalue weighted by molar-refractivity contribution is -0.121. The van der Waals surface area contributed by atoms with Crippen LogP contribution in [0.5, 0.6) is 0 Å². The summed E-state index contributed by atoms with van der Waals surface area (Å²) >= 11 is 0. The topological polar surface area (TPSA) is 29.1 Å². The summed E-state index contributed by atoms with van der Waals surface area (Å²) < 4.78 is 0. The van der Waals surface area contributed by atoms with Crippen LogP contribution >= 0.6 is 0 Å². The number of carbonyl (C=O) groups excluding carboxylic acids is 1. The zero-order valence-electron chi connectivity index (χ0n) is 12.1. The van der Waals surface area contributed by atoms with Crippen LogP contribution in [0.15, 0.2) is 54.6 Å². The van der Waals surface area contributed by atoms with Gasteiger partial charge in [-0.15, -0.1) is 0 Å². The smallest absolute Gasteiger partial charge is 0.220 e. The maximum Gasteiger partial charge on any atom is 0.220 e. The van der Waals surface area contributed by atoms with Crippen molar-refractivity contribution in [2.24, 2.45) is 0 Å². The third kappa shape index (κ3) is 4.23. The first-order valence-electron chi connectivity index (χ1n) is 7.02. The maximum atomic E-state index is 12.0. The first kappa shape index (κ1) is 14.3. The summed E-state index contributed by atoms with van der Waals surface area (Å²) in [6.45, 7) is 4.77. The monoisotopic (exact) mass is 267 g/mol. The minimum absolute atomic E-state index is 0.0999. The van der Waals surface area contributed by atoms with Crippen molar-refractivity contribution in [2.45, 2.75) is 32.7 Å². The summed E-state index contributed by atoms with van der Waals surface area (Å²) in [6, 6.07) is 18.3. The van der Waals surface area contributed by atoms with Crippen LogP contribution in [0.3, 0.4) is 0 Å². The van der Waals surface area contributed by atoms with Crippen molar-refractivity contribution < 1.29 is 4.79 Å². The minimum Gasteiger partial charge on any atom is -0.352 e. The standard InChI is InChI=1S/C18H21NO/c1-14-7-6-10-17(11-14)15(2)12-18(20)19-13-16-8-4-3-5-9-16/h3-11,15H,12-13H2,1-2H3,(H,19,20)/t15-/m0/s1. The highest BCUT2D eigenvalue weighted by molar-refractivity contribution is 5.76. The van der Waals surface area contributed by atoms with Gasteiger partial charge in [0.25, 0.3) is 0 Å². The number of rotatable bonds is 5. The second kappa shape index (κ2) is 6.90. The van der Waals surface area contributed by atoms with Crippen molar-refractivity contribution in [3.8, 4) is 0 Å². The first-order chi connectivity index (χ1) is 9.65. The molecule has 0 radical (unpaired) electrons. The Morgan fingerprint density at radius 3 is 2.55 bits per heavy atom. The van der Waals surface area contributed by atoms with E-state index < -0.39 is 0 Å². The highest BCUT2D eigenvalue weighted by Crippen LogP contribution is 2.19. The van der Waals surface area contributed by atoms with Gasteiger partial charge in [-0.2, -0.15) is 0 Å². The van der Waals surface area contributed by atoms with Crippen molar-refractivity contribution in [2.75, 3.05) is 0 Å². The molecule has 1 N–H and O–H groups in total. The van der Waals surface area contributed by atoms with Crippen molar-refractivity contribution in [1.29, 1.82) is 0 Å². The van der Waals surface area contributed by atoms with Crippen LogP contribution in [-0.2, 0) is 11.3 Å². The molecule has 0 bridgehead atoms. The van der Waals surface area contributed by atoms with Crippen molar-refractivity contribution >= 4 is 5.91 Å². The average Bonchev–Trinajstić information content (AvgIpc) is 2.46. The van der Waals surface area contributed by atoms with Crippen molar-refractivity contribution in [1.82, 2.24) is 5.32 Å². The van der Waals surface area contributed by atoms with E-state index in [9.17, 15) is 4.79 Å². The molecule has 0 heterocycles. The second-order valence-electron chi connectivity index (χ2n) is 5.28. The van der Waals surface area contributed by atoms with Gasteiger partial charge in [0.15, 0.2) is 0 Å². The van der Waals surface area contributed by atoms with Gasteiger partial charge in [-0.3, -0.25) is 4.79 Å². The number of hydrogen-bond acceptors (Lipinski definition) is 1. The summed E-state index contributed by atoms with van der Waals surface area (Å²) in [5.41, 5.74) is 3.59. The Hall–Kier alpha value is -2.09. The molecule has 1 amide bonds. The summed E-state index contributed by atoms with van der Waals surface area (Å²) in [7, 11) is 0. The average molecular weight is 267 g/mol. The van der Waals surface area contributed by atoms with Crippen molar-refractivity contribution in [3.05, 3.63) is 71.3 Å². The van der Waals surface area contributed by atoms with Crippen molar-refractivity contribution in [3.63, 3.8) is 0 Å². The van der Waals surface area contributed by atoms with E-state index in [1.165, 1.54) is 11.1 Å². The molecule has 0 saturated carbocycles. The van der Waals surface area contributed by atoms with Gasteiger partial charge in [0.2, 0.25) is 5.91 Å². The van der Waals surface area contributed by atoms with E-state index in [1.54, 1.807) is 0 Å². The summed E-state index contributed by atoms with van der Waals surface area (Å²) in [5, 5.41) is 2.98. The van der Waals surface area contributed by atoms with Gasteiger partial charge in [-0.05, 0) is 24.0 Å². The number of carbonyl (C=O) groups is 1. The quantitative estimate of drug-likeness (QED) is 0.877. The highest BCUT2D eigenvalue weighted by atomic mass is 16.1. The van der Waals surface area contributed by atoms with E-state index in [4.69, 9.17) is 0 Å². The molecule has 0 aliphatic rings. The zero-order valence-corrected chi connectivity index (χ0v) is 12.1. The molecule has 0 saturated heterocycles. The third-order valence-electron chi connectivity index (χ3n) is 3.44. The van der Waals surface area contributed by atoms with E-state index in [0.29, 0.717) is 13.0 Å². The molecule has 0 aromatic heterocycles. The number of aryl methyl sites for hydroxylation is 1. The molecule has 2 heteroatoms. The van der Waals surface area contributed by atoms with Gasteiger partial charge in [0, 0.05) is 13.0 Å². The lowest BCUT2D eigenvalue weighted by Gasteiger charge is -2.12. The second-order valence-corrected chi connectivity index (χ2v) is 5.28. The minimum atomic E-state index is 0.0999. The molecular formula is C18H21NO. The van der Waals surface area contributed by atoms with Gasteiger partial charge in [-0.25, -0.2) is 0 Å². The molecule has 20 heavy (non-hydrogen) atoms. The molecule has 1 atom stereocenters. The predicted octanol–water partition coefficient (Wildman–Crippen LogP) is 3.81. The van der Waals surface area contributed by atoms with Crippen LogP contribution in [-0.4, -0.2) is 5.91 Å². The van der Waals surface area contributed by atoms with Gasteiger partial charge >= 0.3 is 0 Å². The first-order valence-corrected chi connectivity index (χ1v) is 7.02. The van der Waals surface area contributed by atoms with Gasteiger partial charge in [0.1, 0.15) is 0 Å². The molecule has 2 nitrogen and oxygen atoms in total. The summed E-state index contributed by atoms with van der Waals surface area (Å²) in [6.07, 6.45) is 0.524. The molecule has 0 fully saturated rings. The van der Waals surface area contributed by atoms with Crippen LogP contribution in [0.2, 0.25) is 0 Å². The lowest BCUT2D eigenvalue weighted by atomic mass is 9.96. The Kier molecular flexibility index (Phi) is 4.94. The number of amides is 1. The normalized spacial score (nSPS) is 11.9. The van der Waals surface area contributed by atoms with Gasteiger partial charge in [-0.1, -0.05) is 67.1 Å². The fourth-order valence-corrected chi connectivity index (χ4v) is 2.24. The van der Waals surface area contributed by atoms with E-state index in [2.05, 4.69) is 37.4 Å². The van der Waals surface area contributed by atoms with E-state index >= 15 is 0 Å². The number of hydrogen-bond donors (Lipinski definition) is 1.